The maximum absolute atomic E-state index is 13.2. The molecule has 0 amide bonds. The molecule has 1 aromatic heterocycles. The van der Waals surface area contributed by atoms with Crippen molar-refractivity contribution in [2.24, 2.45) is 0 Å². The molecule has 0 saturated carbocycles. The van der Waals surface area contributed by atoms with Crippen LogP contribution in [0.25, 0.3) is 5.69 Å². The largest absolute Gasteiger partial charge is 0.319 e. The summed E-state index contributed by atoms with van der Waals surface area (Å²) in [5.74, 6) is -1.91. The molecule has 6 heteroatoms. The highest BCUT2D eigenvalue weighted by molar-refractivity contribution is 5.34. The van der Waals surface area contributed by atoms with Crippen molar-refractivity contribution in [1.82, 2.24) is 15.1 Å². The second kappa shape index (κ2) is 5.36. The van der Waals surface area contributed by atoms with Gasteiger partial charge in [-0.25, -0.2) is 13.5 Å². The van der Waals surface area contributed by atoms with E-state index in [9.17, 15) is 13.6 Å². The van der Waals surface area contributed by atoms with Crippen LogP contribution in [0.3, 0.4) is 0 Å². The van der Waals surface area contributed by atoms with E-state index in [-0.39, 0.29) is 11.2 Å². The first-order chi connectivity index (χ1) is 9.04. The zero-order chi connectivity index (χ0) is 14.0. The Balaban J connectivity index is 2.45. The minimum absolute atomic E-state index is 0.237. The van der Waals surface area contributed by atoms with Gasteiger partial charge in [-0.15, -0.1) is 0 Å². The summed E-state index contributed by atoms with van der Waals surface area (Å²) in [4.78, 5) is 12.2. The van der Waals surface area contributed by atoms with Gasteiger partial charge in [0, 0.05) is 17.3 Å². The van der Waals surface area contributed by atoms with E-state index in [0.29, 0.717) is 18.5 Å². The summed E-state index contributed by atoms with van der Waals surface area (Å²) in [5, 5.41) is 5.84. The van der Waals surface area contributed by atoms with Gasteiger partial charge in [-0.05, 0) is 39.1 Å². The molecule has 0 aliphatic rings. The first-order valence-electron chi connectivity index (χ1n) is 5.95. The Morgan fingerprint density at radius 1 is 1.32 bits per heavy atom. The number of aryl methyl sites for hydroxylation is 1. The average Bonchev–Trinajstić information content (AvgIpc) is 2.66. The lowest BCUT2D eigenvalue weighted by atomic mass is 10.2. The Labute approximate surface area is 109 Å². The lowest BCUT2D eigenvalue weighted by Gasteiger charge is -2.02. The van der Waals surface area contributed by atoms with E-state index < -0.39 is 11.6 Å². The van der Waals surface area contributed by atoms with Crippen molar-refractivity contribution in [3.63, 3.8) is 0 Å². The van der Waals surface area contributed by atoms with Crippen molar-refractivity contribution in [2.75, 3.05) is 13.6 Å². The molecular weight excluding hydrogens is 252 g/mol. The van der Waals surface area contributed by atoms with Gasteiger partial charge in [0.25, 0.3) is 5.56 Å². The fourth-order valence-electron chi connectivity index (χ4n) is 1.93. The van der Waals surface area contributed by atoms with Crippen LogP contribution >= 0.6 is 0 Å². The fourth-order valence-corrected chi connectivity index (χ4v) is 1.93. The van der Waals surface area contributed by atoms with Gasteiger partial charge in [0.15, 0.2) is 11.6 Å². The normalized spacial score (nSPS) is 10.9. The lowest BCUT2D eigenvalue weighted by molar-refractivity contribution is 0.507. The monoisotopic (exact) mass is 267 g/mol. The van der Waals surface area contributed by atoms with Crippen LogP contribution in [0, 0.1) is 18.6 Å². The zero-order valence-electron chi connectivity index (χ0n) is 10.8. The van der Waals surface area contributed by atoms with E-state index in [2.05, 4.69) is 10.4 Å². The topological polar surface area (TPSA) is 49.8 Å². The average molecular weight is 267 g/mol. The van der Waals surface area contributed by atoms with E-state index in [1.165, 1.54) is 10.7 Å². The molecule has 2 aromatic rings. The van der Waals surface area contributed by atoms with Crippen molar-refractivity contribution in [3.05, 3.63) is 51.4 Å². The van der Waals surface area contributed by atoms with E-state index in [0.717, 1.165) is 17.8 Å². The highest BCUT2D eigenvalue weighted by Crippen LogP contribution is 2.12. The Hall–Kier alpha value is -1.95. The van der Waals surface area contributed by atoms with Crippen LogP contribution in [-0.4, -0.2) is 23.4 Å². The second-order valence-electron chi connectivity index (χ2n) is 4.31. The van der Waals surface area contributed by atoms with Gasteiger partial charge in [-0.3, -0.25) is 9.89 Å². The molecule has 4 nitrogen and oxygen atoms in total. The molecule has 0 radical (unpaired) electrons. The molecule has 1 heterocycles. The van der Waals surface area contributed by atoms with Crippen LogP contribution < -0.4 is 10.9 Å². The Morgan fingerprint density at radius 2 is 2.05 bits per heavy atom. The molecular formula is C13H15F2N3O. The highest BCUT2D eigenvalue weighted by atomic mass is 19.2. The van der Waals surface area contributed by atoms with Gasteiger partial charge in [0.05, 0.1) is 5.69 Å². The SMILES string of the molecule is CNCCc1c(C)[nH]n(-c2ccc(F)c(F)c2)c1=O. The van der Waals surface area contributed by atoms with Crippen molar-refractivity contribution in [1.29, 1.82) is 0 Å². The van der Waals surface area contributed by atoms with Crippen molar-refractivity contribution in [2.45, 2.75) is 13.3 Å². The number of aromatic amines is 1. The number of halogens is 2. The van der Waals surface area contributed by atoms with Crippen LogP contribution in [0.15, 0.2) is 23.0 Å². The van der Waals surface area contributed by atoms with E-state index in [1.807, 2.05) is 0 Å². The number of likely N-dealkylation sites (N-methyl/N-ethyl adjacent to an activating group) is 1. The minimum atomic E-state index is -0.978. The Kier molecular flexibility index (Phi) is 3.80. The molecule has 0 spiro atoms. The molecule has 19 heavy (non-hydrogen) atoms. The maximum Gasteiger partial charge on any atom is 0.274 e. The first kappa shape index (κ1) is 13.5. The van der Waals surface area contributed by atoms with Crippen LogP contribution in [0.5, 0.6) is 0 Å². The van der Waals surface area contributed by atoms with E-state index in [1.54, 1.807) is 14.0 Å². The Morgan fingerprint density at radius 3 is 2.68 bits per heavy atom. The number of aromatic nitrogens is 2. The fraction of sp³-hybridized carbons (Fsp3) is 0.308. The quantitative estimate of drug-likeness (QED) is 0.882. The van der Waals surface area contributed by atoms with Gasteiger partial charge >= 0.3 is 0 Å². The molecule has 0 saturated heterocycles. The van der Waals surface area contributed by atoms with Gasteiger partial charge in [0.2, 0.25) is 0 Å². The smallest absolute Gasteiger partial charge is 0.274 e. The minimum Gasteiger partial charge on any atom is -0.319 e. The number of benzene rings is 1. The molecule has 0 atom stereocenters. The number of nitrogens with one attached hydrogen (secondary N) is 2. The van der Waals surface area contributed by atoms with Crippen molar-refractivity contribution < 1.29 is 8.78 Å². The van der Waals surface area contributed by atoms with E-state index in [4.69, 9.17) is 0 Å². The summed E-state index contributed by atoms with van der Waals surface area (Å²) in [6, 6.07) is 3.35. The lowest BCUT2D eigenvalue weighted by Crippen LogP contribution is -2.20. The summed E-state index contributed by atoms with van der Waals surface area (Å²) < 4.78 is 27.3. The summed E-state index contributed by atoms with van der Waals surface area (Å²) in [5.41, 5.74) is 1.41. The molecule has 0 bridgehead atoms. The highest BCUT2D eigenvalue weighted by Gasteiger charge is 2.13. The second-order valence-corrected chi connectivity index (χ2v) is 4.31. The number of rotatable bonds is 4. The van der Waals surface area contributed by atoms with Crippen LogP contribution in [-0.2, 0) is 6.42 Å². The van der Waals surface area contributed by atoms with Gasteiger partial charge < -0.3 is 5.32 Å². The number of nitrogens with zero attached hydrogens (tertiary/aromatic N) is 1. The Bertz CT molecular complexity index is 646. The summed E-state index contributed by atoms with van der Waals surface area (Å²) in [7, 11) is 1.80. The van der Waals surface area contributed by atoms with Gasteiger partial charge in [-0.2, -0.15) is 0 Å². The summed E-state index contributed by atoms with van der Waals surface area (Å²) in [6.07, 6.45) is 0.578. The number of H-pyrrole nitrogens is 1. The molecule has 0 aliphatic carbocycles. The third kappa shape index (κ3) is 2.58. The van der Waals surface area contributed by atoms with Crippen LogP contribution in [0.4, 0.5) is 8.78 Å². The third-order valence-corrected chi connectivity index (χ3v) is 2.98. The van der Waals surface area contributed by atoms with E-state index >= 15 is 0 Å². The molecule has 1 aromatic carbocycles. The maximum atomic E-state index is 13.2. The van der Waals surface area contributed by atoms with Gasteiger partial charge in [0.1, 0.15) is 0 Å². The molecule has 2 N–H and O–H groups in total. The summed E-state index contributed by atoms with van der Waals surface area (Å²) in [6.45, 7) is 2.45. The van der Waals surface area contributed by atoms with Crippen LogP contribution in [0.1, 0.15) is 11.3 Å². The molecule has 0 aliphatic heterocycles. The predicted molar refractivity (Wildman–Crippen MR) is 68.7 cm³/mol. The molecule has 102 valence electrons. The standard InChI is InChI=1S/C13H15F2N3O/c1-8-10(5-6-16-2)13(19)18(17-8)9-3-4-11(14)12(15)7-9/h3-4,7,16-17H,5-6H2,1-2H3. The molecule has 2 rings (SSSR count). The first-order valence-corrected chi connectivity index (χ1v) is 5.95. The molecule has 0 unspecified atom stereocenters. The summed E-state index contributed by atoms with van der Waals surface area (Å²) >= 11 is 0. The predicted octanol–water partition coefficient (Wildman–Crippen LogP) is 1.51. The van der Waals surface area contributed by atoms with Gasteiger partial charge in [-0.1, -0.05) is 0 Å². The third-order valence-electron chi connectivity index (χ3n) is 2.98. The molecule has 0 fully saturated rings. The zero-order valence-corrected chi connectivity index (χ0v) is 10.8. The van der Waals surface area contributed by atoms with Crippen molar-refractivity contribution >= 4 is 0 Å². The van der Waals surface area contributed by atoms with Crippen molar-refractivity contribution in [3.8, 4) is 5.69 Å². The number of hydrogen-bond donors (Lipinski definition) is 2. The van der Waals surface area contributed by atoms with Crippen LogP contribution in [0.2, 0.25) is 0 Å². The number of hydrogen-bond acceptors (Lipinski definition) is 2.